The number of nitrogens with one attached hydrogen (secondary N) is 3. The number of benzene rings is 3. The van der Waals surface area contributed by atoms with Crippen LogP contribution in [0, 0.1) is 0 Å². The van der Waals surface area contributed by atoms with Crippen LogP contribution in [-0.4, -0.2) is 49.6 Å². The van der Waals surface area contributed by atoms with E-state index >= 15 is 0 Å². The van der Waals surface area contributed by atoms with Gasteiger partial charge in [0.2, 0.25) is 0 Å². The molecule has 0 saturated carbocycles. The second-order valence-corrected chi connectivity index (χ2v) is 7.68. The first kappa shape index (κ1) is 26.0. The highest BCUT2D eigenvalue weighted by Gasteiger charge is 2.19. The lowest BCUT2D eigenvalue weighted by atomic mass is 10.2. The predicted octanol–water partition coefficient (Wildman–Crippen LogP) is 2.68. The fraction of sp³-hybridized carbons (Fsp3) is 0.185. The number of alkyl carbamates (subject to hydrolysis) is 1. The predicted molar refractivity (Wildman–Crippen MR) is 132 cm³/mol. The van der Waals surface area contributed by atoms with Crippen LogP contribution in [0.2, 0.25) is 0 Å². The number of esters is 1. The highest BCUT2D eigenvalue weighted by Crippen LogP contribution is 2.02. The molecule has 0 aliphatic rings. The van der Waals surface area contributed by atoms with Crippen molar-refractivity contribution in [1.29, 1.82) is 0 Å². The molecule has 0 spiro atoms. The highest BCUT2D eigenvalue weighted by molar-refractivity contribution is 5.94. The Bertz CT molecular complexity index is 1080. The molecule has 9 heteroatoms. The molecule has 0 atom stereocenters. The lowest BCUT2D eigenvalue weighted by Crippen LogP contribution is -2.44. The third kappa shape index (κ3) is 8.94. The molecule has 0 bridgehead atoms. The summed E-state index contributed by atoms with van der Waals surface area (Å²) in [5, 5.41) is 7.71. The molecule has 0 aromatic heterocycles. The van der Waals surface area contributed by atoms with Gasteiger partial charge in [-0.15, -0.1) is 0 Å². The molecule has 0 unspecified atom stereocenters. The quantitative estimate of drug-likeness (QED) is 0.356. The van der Waals surface area contributed by atoms with Crippen LogP contribution < -0.4 is 16.0 Å². The minimum atomic E-state index is -0.875. The molecule has 3 aromatic rings. The Labute approximate surface area is 208 Å². The molecule has 3 N–H and O–H groups in total. The molecule has 0 radical (unpaired) electrons. The molecule has 186 valence electrons. The van der Waals surface area contributed by atoms with Crippen molar-refractivity contribution in [3.8, 4) is 0 Å². The fourth-order valence-electron chi connectivity index (χ4n) is 3.10. The lowest BCUT2D eigenvalue weighted by Gasteiger charge is -2.19. The van der Waals surface area contributed by atoms with Crippen molar-refractivity contribution in [3.63, 3.8) is 0 Å². The lowest BCUT2D eigenvalue weighted by molar-refractivity contribution is -0.147. The minimum Gasteiger partial charge on any atom is -0.457 e. The van der Waals surface area contributed by atoms with Crippen molar-refractivity contribution in [2.24, 2.45) is 0 Å². The van der Waals surface area contributed by atoms with Gasteiger partial charge in [-0.1, -0.05) is 66.7 Å². The Morgan fingerprint density at radius 3 is 1.61 bits per heavy atom. The van der Waals surface area contributed by atoms with Crippen molar-refractivity contribution < 1.29 is 28.7 Å². The van der Waals surface area contributed by atoms with E-state index in [1.54, 1.807) is 72.8 Å². The molecule has 36 heavy (non-hydrogen) atoms. The number of hydrogen-bond donors (Lipinski definition) is 3. The van der Waals surface area contributed by atoms with Crippen LogP contribution in [0.15, 0.2) is 91.0 Å². The summed E-state index contributed by atoms with van der Waals surface area (Å²) in [5.74, 6) is -1.46. The van der Waals surface area contributed by atoms with Crippen LogP contribution >= 0.6 is 0 Å². The van der Waals surface area contributed by atoms with Crippen molar-refractivity contribution in [2.75, 3.05) is 19.6 Å². The summed E-state index contributed by atoms with van der Waals surface area (Å²) in [6.07, 6.45) is -1.65. The molecule has 0 aliphatic carbocycles. The largest absolute Gasteiger partial charge is 0.457 e. The molecule has 9 nitrogen and oxygen atoms in total. The normalized spacial score (nSPS) is 10.2. The van der Waals surface area contributed by atoms with Gasteiger partial charge in [0, 0.05) is 11.1 Å². The molecule has 0 aliphatic heterocycles. The number of carbonyl (C=O) groups is 4. The average molecular weight is 490 g/mol. The topological polar surface area (TPSA) is 123 Å². The minimum absolute atomic E-state index is 0.0486. The molecule has 3 amide bonds. The SMILES string of the molecule is O=C(CNC(=O)OCc1ccccc1)OC(CNC(=O)c1ccccc1)CNC(=O)c1ccccc1. The van der Waals surface area contributed by atoms with Gasteiger partial charge in [0.05, 0.1) is 13.1 Å². The number of amides is 3. The standard InChI is InChI=1S/C27H27N3O6/c31-24(18-30-27(34)35-19-20-10-4-1-5-11-20)36-23(16-28-25(32)21-12-6-2-7-13-21)17-29-26(33)22-14-8-3-9-15-22/h1-15,23H,16-19H2,(H,28,32)(H,29,33)(H,30,34). The number of ether oxygens (including phenoxy) is 2. The summed E-state index contributed by atoms with van der Waals surface area (Å²) in [7, 11) is 0. The second-order valence-electron chi connectivity index (χ2n) is 7.68. The molecule has 3 aromatic carbocycles. The van der Waals surface area contributed by atoms with Crippen LogP contribution in [-0.2, 0) is 20.9 Å². The number of hydrogen-bond acceptors (Lipinski definition) is 6. The van der Waals surface area contributed by atoms with Crippen molar-refractivity contribution in [3.05, 3.63) is 108 Å². The van der Waals surface area contributed by atoms with Crippen molar-refractivity contribution >= 4 is 23.9 Å². The summed E-state index contributed by atoms with van der Waals surface area (Å²) in [6.45, 7) is -0.481. The first-order chi connectivity index (χ1) is 17.5. The maximum absolute atomic E-state index is 12.4. The van der Waals surface area contributed by atoms with E-state index in [9.17, 15) is 19.2 Å². The van der Waals surface area contributed by atoms with E-state index in [0.717, 1.165) is 5.56 Å². The van der Waals surface area contributed by atoms with E-state index in [1.807, 2.05) is 18.2 Å². The van der Waals surface area contributed by atoms with Crippen molar-refractivity contribution in [1.82, 2.24) is 16.0 Å². The van der Waals surface area contributed by atoms with Crippen LogP contribution in [0.1, 0.15) is 26.3 Å². The Morgan fingerprint density at radius 1 is 0.639 bits per heavy atom. The average Bonchev–Trinajstić information content (AvgIpc) is 2.93. The molecular formula is C27H27N3O6. The summed E-state index contributed by atoms with van der Waals surface area (Å²) in [5.41, 5.74) is 1.69. The summed E-state index contributed by atoms with van der Waals surface area (Å²) >= 11 is 0. The van der Waals surface area contributed by atoms with Crippen LogP contribution in [0.4, 0.5) is 4.79 Å². The highest BCUT2D eigenvalue weighted by atomic mass is 16.6. The van der Waals surface area contributed by atoms with Gasteiger partial charge in [0.1, 0.15) is 19.3 Å². The zero-order chi connectivity index (χ0) is 25.6. The fourth-order valence-corrected chi connectivity index (χ4v) is 3.10. The van der Waals surface area contributed by atoms with E-state index in [0.29, 0.717) is 11.1 Å². The zero-order valence-corrected chi connectivity index (χ0v) is 19.5. The van der Waals surface area contributed by atoms with E-state index in [2.05, 4.69) is 16.0 Å². The van der Waals surface area contributed by atoms with Gasteiger partial charge >= 0.3 is 12.1 Å². The summed E-state index contributed by atoms with van der Waals surface area (Å²) in [4.78, 5) is 49.0. The third-order valence-electron chi connectivity index (χ3n) is 4.94. The van der Waals surface area contributed by atoms with Gasteiger partial charge in [-0.3, -0.25) is 14.4 Å². The van der Waals surface area contributed by atoms with Crippen LogP contribution in [0.25, 0.3) is 0 Å². The summed E-state index contributed by atoms with van der Waals surface area (Å²) in [6, 6.07) is 26.2. The third-order valence-corrected chi connectivity index (χ3v) is 4.94. The Balaban J connectivity index is 1.50. The molecule has 0 heterocycles. The van der Waals surface area contributed by atoms with Crippen LogP contribution in [0.5, 0.6) is 0 Å². The van der Waals surface area contributed by atoms with E-state index in [-0.39, 0.29) is 31.5 Å². The van der Waals surface area contributed by atoms with E-state index < -0.39 is 24.7 Å². The van der Waals surface area contributed by atoms with Gasteiger partial charge in [-0.05, 0) is 29.8 Å². The Hall–Kier alpha value is -4.66. The molecule has 3 rings (SSSR count). The summed E-state index contributed by atoms with van der Waals surface area (Å²) < 4.78 is 10.5. The molecule has 0 fully saturated rings. The van der Waals surface area contributed by atoms with Gasteiger partial charge in [-0.2, -0.15) is 0 Å². The maximum atomic E-state index is 12.4. The van der Waals surface area contributed by atoms with Crippen molar-refractivity contribution in [2.45, 2.75) is 12.7 Å². The zero-order valence-electron chi connectivity index (χ0n) is 19.5. The Kier molecular flexibility index (Phi) is 10.0. The van der Waals surface area contributed by atoms with Crippen LogP contribution in [0.3, 0.4) is 0 Å². The number of rotatable bonds is 11. The van der Waals surface area contributed by atoms with E-state index in [4.69, 9.17) is 9.47 Å². The Morgan fingerprint density at radius 2 is 1.11 bits per heavy atom. The van der Waals surface area contributed by atoms with Gasteiger partial charge in [0.25, 0.3) is 11.8 Å². The van der Waals surface area contributed by atoms with Gasteiger partial charge < -0.3 is 25.4 Å². The first-order valence-electron chi connectivity index (χ1n) is 11.3. The second kappa shape index (κ2) is 13.9. The number of carbonyl (C=O) groups excluding carboxylic acids is 4. The monoisotopic (exact) mass is 489 g/mol. The molecular weight excluding hydrogens is 462 g/mol. The maximum Gasteiger partial charge on any atom is 0.407 e. The van der Waals surface area contributed by atoms with E-state index in [1.165, 1.54) is 0 Å². The smallest absolute Gasteiger partial charge is 0.407 e. The molecule has 0 saturated heterocycles. The van der Waals surface area contributed by atoms with Gasteiger partial charge in [-0.25, -0.2) is 4.79 Å². The van der Waals surface area contributed by atoms with Gasteiger partial charge in [0.15, 0.2) is 0 Å². The first-order valence-corrected chi connectivity index (χ1v) is 11.3.